The number of aromatic nitrogens is 2. The van der Waals surface area contributed by atoms with Gasteiger partial charge in [0.1, 0.15) is 0 Å². The second-order valence-electron chi connectivity index (χ2n) is 3.62. The van der Waals surface area contributed by atoms with E-state index in [1.54, 1.807) is 12.1 Å². The molecule has 0 saturated heterocycles. The quantitative estimate of drug-likeness (QED) is 0.647. The molecular weight excluding hydrogens is 301 g/mol. The molecule has 0 aliphatic carbocycles. The summed E-state index contributed by atoms with van der Waals surface area (Å²) in [5.41, 5.74) is 2.03. The molecular formula is C14H8N2OY-2. The first kappa shape index (κ1) is 13.1. The molecule has 0 saturated carbocycles. The number of hydrogen-bond donors (Lipinski definition) is 0. The van der Waals surface area contributed by atoms with Crippen LogP contribution in [0.25, 0.3) is 11.0 Å². The number of fused-ring (bicyclic) bond motifs is 1. The van der Waals surface area contributed by atoms with Crippen LogP contribution in [0.15, 0.2) is 48.5 Å². The second-order valence-corrected chi connectivity index (χ2v) is 3.62. The van der Waals surface area contributed by atoms with Crippen LogP contribution in [0.4, 0.5) is 0 Å². The van der Waals surface area contributed by atoms with Crippen LogP contribution in [0, 0.1) is 12.4 Å². The Bertz CT molecular complexity index is 676. The number of para-hydroxylation sites is 2. The smallest absolute Gasteiger partial charge is 0.160 e. The number of imidazole rings is 1. The molecule has 1 heterocycles. The zero-order valence-corrected chi connectivity index (χ0v) is 12.3. The zero-order valence-electron chi connectivity index (χ0n) is 9.50. The number of benzene rings is 2. The van der Waals surface area contributed by atoms with Crippen LogP contribution in [0.2, 0.25) is 0 Å². The fourth-order valence-corrected chi connectivity index (χ4v) is 1.71. The fraction of sp³-hybridized carbons (Fsp3) is 0. The van der Waals surface area contributed by atoms with Crippen molar-refractivity contribution in [3.05, 3.63) is 66.5 Å². The van der Waals surface area contributed by atoms with Crippen molar-refractivity contribution in [2.75, 3.05) is 0 Å². The maximum absolute atomic E-state index is 12.2. The molecule has 85 valence electrons. The van der Waals surface area contributed by atoms with E-state index < -0.39 is 0 Å². The van der Waals surface area contributed by atoms with E-state index in [-0.39, 0.29) is 38.6 Å². The Labute approximate surface area is 130 Å². The molecule has 0 bridgehead atoms. The summed E-state index contributed by atoms with van der Waals surface area (Å²) in [5.74, 6) is -0.167. The predicted molar refractivity (Wildman–Crippen MR) is 63.6 cm³/mol. The summed E-state index contributed by atoms with van der Waals surface area (Å²) in [6, 6.07) is 17.4. The van der Waals surface area contributed by atoms with Crippen molar-refractivity contribution in [1.82, 2.24) is 9.55 Å². The average Bonchev–Trinajstić information content (AvgIpc) is 2.83. The minimum Gasteiger partial charge on any atom is -0.395 e. The standard InChI is InChI=1S/C14H8N2O.Y/c17-14(11-6-2-1-3-7-11)16-10-15-12-8-4-5-9-13(12)16;/h1-6,8-9H;/q-2;. The molecule has 0 aliphatic rings. The van der Waals surface area contributed by atoms with Gasteiger partial charge in [-0.2, -0.15) is 0 Å². The van der Waals surface area contributed by atoms with Crippen molar-refractivity contribution in [3.63, 3.8) is 0 Å². The number of nitrogens with zero attached hydrogens (tertiary/aromatic N) is 2. The van der Waals surface area contributed by atoms with E-state index in [0.29, 0.717) is 5.56 Å². The molecule has 0 fully saturated rings. The Morgan fingerprint density at radius 1 is 1.11 bits per heavy atom. The van der Waals surface area contributed by atoms with Crippen LogP contribution < -0.4 is 0 Å². The van der Waals surface area contributed by atoms with Gasteiger partial charge in [-0.1, -0.05) is 29.8 Å². The summed E-state index contributed by atoms with van der Waals surface area (Å²) in [4.78, 5) is 16.3. The van der Waals surface area contributed by atoms with Gasteiger partial charge < -0.3 is 14.3 Å². The summed E-state index contributed by atoms with van der Waals surface area (Å²) < 4.78 is 1.42. The molecule has 0 spiro atoms. The topological polar surface area (TPSA) is 34.9 Å². The maximum atomic E-state index is 12.2. The molecule has 18 heavy (non-hydrogen) atoms. The molecule has 3 aromatic rings. The van der Waals surface area contributed by atoms with Crippen molar-refractivity contribution in [1.29, 1.82) is 0 Å². The summed E-state index contributed by atoms with van der Waals surface area (Å²) in [6.45, 7) is 0. The summed E-state index contributed by atoms with van der Waals surface area (Å²) >= 11 is 0. The summed E-state index contributed by atoms with van der Waals surface area (Å²) in [6.07, 6.45) is 2.71. The van der Waals surface area contributed by atoms with Gasteiger partial charge in [0.2, 0.25) is 0 Å². The van der Waals surface area contributed by atoms with E-state index in [2.05, 4.69) is 17.4 Å². The van der Waals surface area contributed by atoms with Crippen molar-refractivity contribution in [2.45, 2.75) is 0 Å². The first-order valence-corrected chi connectivity index (χ1v) is 5.23. The number of carbonyl (C=O) groups excluding carboxylic acids is 1. The monoisotopic (exact) mass is 309 g/mol. The van der Waals surface area contributed by atoms with E-state index >= 15 is 0 Å². The van der Waals surface area contributed by atoms with E-state index in [1.165, 1.54) is 4.57 Å². The minimum absolute atomic E-state index is 0. The molecule has 4 heteroatoms. The fourth-order valence-electron chi connectivity index (χ4n) is 1.71. The van der Waals surface area contributed by atoms with Gasteiger partial charge in [0.15, 0.2) is 5.91 Å². The van der Waals surface area contributed by atoms with Crippen LogP contribution in [0.1, 0.15) is 10.4 Å². The third kappa shape index (κ3) is 2.29. The second kappa shape index (κ2) is 5.55. The van der Waals surface area contributed by atoms with Crippen molar-refractivity contribution in [3.8, 4) is 0 Å². The predicted octanol–water partition coefficient (Wildman–Crippen LogP) is 2.32. The van der Waals surface area contributed by atoms with Gasteiger partial charge in [0.25, 0.3) is 0 Å². The third-order valence-corrected chi connectivity index (χ3v) is 2.54. The average molecular weight is 309 g/mol. The normalized spacial score (nSPS) is 10.0. The molecule has 2 aromatic carbocycles. The first-order chi connectivity index (χ1) is 8.36. The van der Waals surface area contributed by atoms with Crippen LogP contribution in [-0.2, 0) is 32.7 Å². The van der Waals surface area contributed by atoms with Gasteiger partial charge in [0, 0.05) is 39.0 Å². The molecule has 1 radical (unpaired) electrons. The van der Waals surface area contributed by atoms with Gasteiger partial charge >= 0.3 is 0 Å². The molecule has 0 atom stereocenters. The van der Waals surface area contributed by atoms with E-state index in [1.807, 2.05) is 36.4 Å². The van der Waals surface area contributed by atoms with Gasteiger partial charge in [-0.25, -0.2) is 0 Å². The van der Waals surface area contributed by atoms with E-state index in [0.717, 1.165) is 11.0 Å². The van der Waals surface area contributed by atoms with Crippen molar-refractivity contribution in [2.24, 2.45) is 0 Å². The first-order valence-electron chi connectivity index (χ1n) is 5.23. The van der Waals surface area contributed by atoms with Gasteiger partial charge in [0.05, 0.1) is 0 Å². The minimum atomic E-state index is -0.167. The van der Waals surface area contributed by atoms with E-state index in [4.69, 9.17) is 0 Å². The van der Waals surface area contributed by atoms with Crippen LogP contribution in [0.5, 0.6) is 0 Å². The van der Waals surface area contributed by atoms with Crippen LogP contribution in [0.3, 0.4) is 0 Å². The summed E-state index contributed by atoms with van der Waals surface area (Å²) in [5, 5.41) is 0. The molecule has 1 aromatic heterocycles. The van der Waals surface area contributed by atoms with Crippen LogP contribution >= 0.6 is 0 Å². The molecule has 3 rings (SSSR count). The van der Waals surface area contributed by atoms with Gasteiger partial charge in [-0.3, -0.25) is 0 Å². The number of hydrogen-bond acceptors (Lipinski definition) is 2. The Morgan fingerprint density at radius 2 is 1.89 bits per heavy atom. The third-order valence-electron chi connectivity index (χ3n) is 2.54. The maximum Gasteiger partial charge on any atom is 0.160 e. The Morgan fingerprint density at radius 3 is 2.67 bits per heavy atom. The van der Waals surface area contributed by atoms with Gasteiger partial charge in [-0.15, -0.1) is 30.3 Å². The van der Waals surface area contributed by atoms with Gasteiger partial charge in [-0.05, 0) is 11.0 Å². The van der Waals surface area contributed by atoms with Crippen molar-refractivity contribution < 1.29 is 37.5 Å². The van der Waals surface area contributed by atoms with Crippen LogP contribution in [-0.4, -0.2) is 15.5 Å². The molecule has 0 amide bonds. The van der Waals surface area contributed by atoms with E-state index in [9.17, 15) is 4.79 Å². The number of carbonyl (C=O) groups is 1. The summed E-state index contributed by atoms with van der Waals surface area (Å²) in [7, 11) is 0. The number of rotatable bonds is 1. The zero-order chi connectivity index (χ0) is 11.7. The largest absolute Gasteiger partial charge is 0.395 e. The molecule has 0 unspecified atom stereocenters. The molecule has 0 aliphatic heterocycles. The molecule has 0 N–H and O–H groups in total. The Kier molecular flexibility index (Phi) is 4.05. The molecule has 3 nitrogen and oxygen atoms in total. The SMILES string of the molecule is O=C(c1[c-]cccc1)n1[c-]nc2ccccc21.[Y]. The Balaban J connectivity index is 0.00000120. The van der Waals surface area contributed by atoms with Crippen molar-refractivity contribution >= 4 is 16.9 Å². The Hall–Kier alpha value is -1.32.